The van der Waals surface area contributed by atoms with Crippen LogP contribution in [0.2, 0.25) is 0 Å². The Morgan fingerprint density at radius 3 is 2.68 bits per heavy atom. The summed E-state index contributed by atoms with van der Waals surface area (Å²) in [5.41, 5.74) is 7.27. The Hall–Kier alpha value is -3.64. The van der Waals surface area contributed by atoms with Gasteiger partial charge in [0.25, 0.3) is 0 Å². The molecule has 0 bridgehead atoms. The van der Waals surface area contributed by atoms with Gasteiger partial charge in [-0.3, -0.25) is 14.4 Å². The van der Waals surface area contributed by atoms with Gasteiger partial charge in [0.2, 0.25) is 0 Å². The van der Waals surface area contributed by atoms with Crippen LogP contribution in [0.3, 0.4) is 0 Å². The van der Waals surface area contributed by atoms with Crippen LogP contribution in [0.1, 0.15) is 30.0 Å². The predicted octanol–water partition coefficient (Wildman–Crippen LogP) is 5.37. The van der Waals surface area contributed by atoms with Crippen LogP contribution in [-0.4, -0.2) is 49.9 Å². The Bertz CT molecular complexity index is 1480. The summed E-state index contributed by atoms with van der Waals surface area (Å²) >= 11 is 0. The highest BCUT2D eigenvalue weighted by Crippen LogP contribution is 2.43. The molecule has 0 saturated heterocycles. The molecular weight excluding hydrogens is 420 g/mol. The summed E-state index contributed by atoms with van der Waals surface area (Å²) < 4.78 is 2.18. The zero-order valence-corrected chi connectivity index (χ0v) is 19.8. The largest absolute Gasteiger partial charge is 0.309 e. The number of nitrogens with zero attached hydrogens (tertiary/aromatic N) is 6. The lowest BCUT2D eigenvalue weighted by Crippen LogP contribution is -2.31. The number of benzene rings is 1. The molecule has 6 nitrogen and oxygen atoms in total. The van der Waals surface area contributed by atoms with Crippen molar-refractivity contribution in [1.82, 2.24) is 29.2 Å². The van der Waals surface area contributed by atoms with Crippen LogP contribution >= 0.6 is 0 Å². The van der Waals surface area contributed by atoms with Gasteiger partial charge in [-0.1, -0.05) is 18.2 Å². The van der Waals surface area contributed by atoms with Crippen molar-refractivity contribution in [2.45, 2.75) is 25.7 Å². The highest BCUT2D eigenvalue weighted by atomic mass is 15.1. The molecule has 0 spiro atoms. The van der Waals surface area contributed by atoms with Gasteiger partial charge in [0, 0.05) is 42.0 Å². The van der Waals surface area contributed by atoms with E-state index in [0.717, 1.165) is 51.7 Å². The highest BCUT2D eigenvalue weighted by Gasteiger charge is 2.34. The van der Waals surface area contributed by atoms with Crippen LogP contribution in [0, 0.1) is 12.8 Å². The molecule has 34 heavy (non-hydrogen) atoms. The SMILES string of the molecule is Cc1cc(-c2ccccn2)nc2cc(-c3nc(C4CC(CN(C)C)C4)c4cnccn34)ccc12. The molecule has 0 radical (unpaired) electrons. The van der Waals surface area contributed by atoms with E-state index in [1.807, 2.05) is 43.0 Å². The fraction of sp³-hybridized carbons (Fsp3) is 0.286. The summed E-state index contributed by atoms with van der Waals surface area (Å²) in [7, 11) is 4.30. The summed E-state index contributed by atoms with van der Waals surface area (Å²) in [5.74, 6) is 2.19. The number of fused-ring (bicyclic) bond motifs is 2. The maximum Gasteiger partial charge on any atom is 0.145 e. The number of aryl methyl sites for hydroxylation is 1. The molecule has 1 aliphatic rings. The second kappa shape index (κ2) is 8.29. The Kier molecular flexibility index (Phi) is 5.11. The monoisotopic (exact) mass is 448 g/mol. The second-order valence-corrected chi connectivity index (χ2v) is 9.72. The molecule has 0 atom stereocenters. The van der Waals surface area contributed by atoms with Gasteiger partial charge in [-0.15, -0.1) is 0 Å². The van der Waals surface area contributed by atoms with Gasteiger partial charge in [0.15, 0.2) is 0 Å². The molecule has 0 amide bonds. The molecule has 4 heterocycles. The van der Waals surface area contributed by atoms with Crippen molar-refractivity contribution in [2.24, 2.45) is 5.92 Å². The molecule has 0 aliphatic heterocycles. The summed E-state index contributed by atoms with van der Waals surface area (Å²) in [6.07, 6.45) is 9.98. The first-order valence-electron chi connectivity index (χ1n) is 11.9. The van der Waals surface area contributed by atoms with Gasteiger partial charge < -0.3 is 4.90 Å². The fourth-order valence-corrected chi connectivity index (χ4v) is 5.28. The third-order valence-corrected chi connectivity index (χ3v) is 6.92. The molecule has 1 aromatic carbocycles. The van der Waals surface area contributed by atoms with Gasteiger partial charge in [-0.2, -0.15) is 0 Å². The van der Waals surface area contributed by atoms with Gasteiger partial charge in [0.05, 0.1) is 34.3 Å². The van der Waals surface area contributed by atoms with E-state index >= 15 is 0 Å². The minimum Gasteiger partial charge on any atom is -0.309 e. The predicted molar refractivity (Wildman–Crippen MR) is 136 cm³/mol. The number of aromatic nitrogens is 5. The van der Waals surface area contributed by atoms with Gasteiger partial charge in [-0.25, -0.2) is 9.97 Å². The molecule has 5 aromatic rings. The van der Waals surface area contributed by atoms with Crippen molar-refractivity contribution < 1.29 is 0 Å². The van der Waals surface area contributed by atoms with Crippen LogP contribution in [0.15, 0.2) is 67.3 Å². The standard InChI is InChI=1S/C28H28N6/c1-18-12-25(23-6-4-5-9-30-23)31-24-15-20(7-8-22(18)24)28-32-27(26-16-29-10-11-34(26)28)21-13-19(14-21)17-33(2)3/h4-12,15-16,19,21H,13-14,17H2,1-3H3. The van der Waals surface area contributed by atoms with Gasteiger partial charge >= 0.3 is 0 Å². The van der Waals surface area contributed by atoms with Gasteiger partial charge in [-0.05, 0) is 69.6 Å². The zero-order valence-electron chi connectivity index (χ0n) is 19.8. The van der Waals surface area contributed by atoms with Crippen LogP contribution < -0.4 is 0 Å². The van der Waals surface area contributed by atoms with Gasteiger partial charge in [0.1, 0.15) is 5.82 Å². The van der Waals surface area contributed by atoms with E-state index in [0.29, 0.717) is 5.92 Å². The summed E-state index contributed by atoms with van der Waals surface area (Å²) in [4.78, 5) is 21.3. The maximum absolute atomic E-state index is 5.17. The smallest absolute Gasteiger partial charge is 0.145 e. The average Bonchev–Trinajstić information content (AvgIpc) is 3.20. The molecule has 170 valence electrons. The lowest BCUT2D eigenvalue weighted by atomic mass is 9.73. The van der Waals surface area contributed by atoms with E-state index in [-0.39, 0.29) is 0 Å². The number of pyridine rings is 2. The van der Waals surface area contributed by atoms with Crippen molar-refractivity contribution in [3.63, 3.8) is 0 Å². The molecule has 1 aliphatic carbocycles. The Balaban J connectivity index is 1.42. The minimum absolute atomic E-state index is 0.495. The van der Waals surface area contributed by atoms with E-state index in [2.05, 4.69) is 64.6 Å². The molecule has 1 fully saturated rings. The van der Waals surface area contributed by atoms with Crippen LogP contribution in [0.25, 0.3) is 39.2 Å². The Labute approximate surface area is 199 Å². The van der Waals surface area contributed by atoms with E-state index < -0.39 is 0 Å². The first kappa shape index (κ1) is 20.9. The Morgan fingerprint density at radius 2 is 1.88 bits per heavy atom. The zero-order chi connectivity index (χ0) is 23.2. The third kappa shape index (κ3) is 3.64. The summed E-state index contributed by atoms with van der Waals surface area (Å²) in [6, 6.07) is 14.5. The van der Waals surface area contributed by atoms with Crippen molar-refractivity contribution in [3.8, 4) is 22.8 Å². The summed E-state index contributed by atoms with van der Waals surface area (Å²) in [6.45, 7) is 3.27. The Morgan fingerprint density at radius 1 is 1.00 bits per heavy atom. The topological polar surface area (TPSA) is 59.2 Å². The number of rotatable bonds is 5. The molecule has 0 N–H and O–H groups in total. The first-order valence-corrected chi connectivity index (χ1v) is 11.9. The van der Waals surface area contributed by atoms with Crippen molar-refractivity contribution in [1.29, 1.82) is 0 Å². The molecule has 0 unspecified atom stereocenters. The highest BCUT2D eigenvalue weighted by molar-refractivity contribution is 5.88. The molecule has 6 heteroatoms. The van der Waals surface area contributed by atoms with Crippen LogP contribution in [-0.2, 0) is 0 Å². The lowest BCUT2D eigenvalue weighted by molar-refractivity contribution is 0.198. The average molecular weight is 449 g/mol. The molecule has 4 aromatic heterocycles. The number of imidazole rings is 1. The lowest BCUT2D eigenvalue weighted by Gasteiger charge is -2.36. The minimum atomic E-state index is 0.495. The number of hydrogen-bond acceptors (Lipinski definition) is 5. The number of hydrogen-bond donors (Lipinski definition) is 0. The fourth-order valence-electron chi connectivity index (χ4n) is 5.28. The van der Waals surface area contributed by atoms with E-state index in [1.165, 1.54) is 24.1 Å². The molecule has 1 saturated carbocycles. The second-order valence-electron chi connectivity index (χ2n) is 9.72. The summed E-state index contributed by atoms with van der Waals surface area (Å²) in [5, 5.41) is 1.15. The van der Waals surface area contributed by atoms with Crippen LogP contribution in [0.4, 0.5) is 0 Å². The molecule has 6 rings (SSSR count). The third-order valence-electron chi connectivity index (χ3n) is 6.92. The maximum atomic E-state index is 5.17. The quantitative estimate of drug-likeness (QED) is 0.362. The van der Waals surface area contributed by atoms with Crippen molar-refractivity contribution in [2.75, 3.05) is 20.6 Å². The first-order chi connectivity index (χ1) is 16.6. The van der Waals surface area contributed by atoms with Crippen molar-refractivity contribution in [3.05, 3.63) is 78.5 Å². The van der Waals surface area contributed by atoms with E-state index in [4.69, 9.17) is 9.97 Å². The van der Waals surface area contributed by atoms with Crippen LogP contribution in [0.5, 0.6) is 0 Å². The normalized spacial score (nSPS) is 18.0. The van der Waals surface area contributed by atoms with E-state index in [9.17, 15) is 0 Å². The van der Waals surface area contributed by atoms with E-state index in [1.54, 1.807) is 0 Å². The van der Waals surface area contributed by atoms with Crippen molar-refractivity contribution >= 4 is 16.4 Å². The molecular formula is C28H28N6.